The summed E-state index contributed by atoms with van der Waals surface area (Å²) in [5.41, 5.74) is 5.66. The first-order valence-electron chi connectivity index (χ1n) is 9.88. The van der Waals surface area contributed by atoms with Crippen molar-refractivity contribution < 1.29 is 9.21 Å². The lowest BCUT2D eigenvalue weighted by atomic mass is 10.0. The molecule has 5 nitrogen and oxygen atoms in total. The lowest BCUT2D eigenvalue weighted by Gasteiger charge is -2.16. The summed E-state index contributed by atoms with van der Waals surface area (Å²) in [6.45, 7) is 6.06. The number of benzene rings is 3. The van der Waals surface area contributed by atoms with E-state index in [0.29, 0.717) is 17.3 Å². The van der Waals surface area contributed by atoms with E-state index in [1.807, 2.05) is 81.4 Å². The van der Waals surface area contributed by atoms with Gasteiger partial charge in [-0.2, -0.15) is 0 Å². The van der Waals surface area contributed by atoms with Crippen LogP contribution >= 0.6 is 0 Å². The predicted octanol–water partition coefficient (Wildman–Crippen LogP) is 5.51. The molecular formula is C25H23N3O2. The number of carbonyl (C=O) groups is 1. The van der Waals surface area contributed by atoms with Crippen LogP contribution in [0.1, 0.15) is 40.0 Å². The number of hydrogen-bond acceptors (Lipinski definition) is 4. The van der Waals surface area contributed by atoms with Crippen LogP contribution in [0.3, 0.4) is 0 Å². The summed E-state index contributed by atoms with van der Waals surface area (Å²) in [5.74, 6) is 0.771. The average Bonchev–Trinajstić information content (AvgIpc) is 3.25. The fraction of sp³-hybridized carbons (Fsp3) is 0.160. The van der Waals surface area contributed by atoms with Crippen molar-refractivity contribution in [1.29, 1.82) is 0 Å². The third-order valence-corrected chi connectivity index (χ3v) is 5.12. The van der Waals surface area contributed by atoms with E-state index in [-0.39, 0.29) is 11.9 Å². The normalized spacial score (nSPS) is 11.8. The first-order chi connectivity index (χ1) is 14.5. The summed E-state index contributed by atoms with van der Waals surface area (Å²) in [6.07, 6.45) is 0. The first kappa shape index (κ1) is 19.6. The van der Waals surface area contributed by atoms with Gasteiger partial charge in [0.15, 0.2) is 0 Å². The van der Waals surface area contributed by atoms with Crippen LogP contribution in [0.2, 0.25) is 0 Å². The molecule has 0 bridgehead atoms. The number of nitrogens with one attached hydrogen (secondary N) is 1. The molecule has 1 heterocycles. The van der Waals surface area contributed by atoms with Gasteiger partial charge in [-0.25, -0.2) is 0 Å². The molecule has 0 saturated heterocycles. The largest absolute Gasteiger partial charge is 0.416 e. The first-order valence-corrected chi connectivity index (χ1v) is 9.88. The minimum Gasteiger partial charge on any atom is -0.416 e. The third kappa shape index (κ3) is 4.15. The zero-order valence-corrected chi connectivity index (χ0v) is 17.2. The number of carbonyl (C=O) groups excluding carboxylic acids is 1. The van der Waals surface area contributed by atoms with Gasteiger partial charge in [-0.05, 0) is 68.3 Å². The highest BCUT2D eigenvalue weighted by Gasteiger charge is 2.14. The molecule has 0 spiro atoms. The number of rotatable bonds is 5. The monoisotopic (exact) mass is 397 g/mol. The van der Waals surface area contributed by atoms with Crippen LogP contribution in [0.25, 0.3) is 22.9 Å². The molecule has 0 aliphatic rings. The van der Waals surface area contributed by atoms with Gasteiger partial charge in [0.05, 0.1) is 6.04 Å². The van der Waals surface area contributed by atoms with Gasteiger partial charge in [0.1, 0.15) is 0 Å². The Morgan fingerprint density at radius 2 is 1.40 bits per heavy atom. The van der Waals surface area contributed by atoms with Crippen LogP contribution in [-0.2, 0) is 0 Å². The molecular weight excluding hydrogens is 374 g/mol. The third-order valence-electron chi connectivity index (χ3n) is 5.12. The van der Waals surface area contributed by atoms with Crippen molar-refractivity contribution in [2.45, 2.75) is 26.8 Å². The van der Waals surface area contributed by atoms with Gasteiger partial charge in [-0.3, -0.25) is 4.79 Å². The molecule has 0 aliphatic carbocycles. The molecule has 0 radical (unpaired) electrons. The molecule has 0 saturated carbocycles. The molecule has 4 aromatic rings. The summed E-state index contributed by atoms with van der Waals surface area (Å²) in [6, 6.07) is 23.1. The maximum Gasteiger partial charge on any atom is 0.251 e. The minimum absolute atomic E-state index is 0.0774. The number of hydrogen-bond donors (Lipinski definition) is 1. The Kier molecular flexibility index (Phi) is 5.44. The van der Waals surface area contributed by atoms with Crippen LogP contribution in [-0.4, -0.2) is 16.1 Å². The lowest BCUT2D eigenvalue weighted by molar-refractivity contribution is 0.0940. The number of aromatic nitrogens is 2. The van der Waals surface area contributed by atoms with Crippen molar-refractivity contribution in [1.82, 2.24) is 15.5 Å². The maximum atomic E-state index is 12.6. The van der Waals surface area contributed by atoms with Crippen molar-refractivity contribution in [3.63, 3.8) is 0 Å². The second kappa shape index (κ2) is 8.33. The zero-order chi connectivity index (χ0) is 21.1. The van der Waals surface area contributed by atoms with Gasteiger partial charge in [-0.15, -0.1) is 10.2 Å². The highest BCUT2D eigenvalue weighted by Crippen LogP contribution is 2.24. The fourth-order valence-corrected chi connectivity index (χ4v) is 3.35. The van der Waals surface area contributed by atoms with E-state index in [1.165, 1.54) is 5.56 Å². The van der Waals surface area contributed by atoms with E-state index in [9.17, 15) is 4.79 Å². The Labute approximate surface area is 175 Å². The van der Waals surface area contributed by atoms with E-state index in [2.05, 4.69) is 15.5 Å². The molecule has 1 atom stereocenters. The van der Waals surface area contributed by atoms with Crippen LogP contribution in [0.5, 0.6) is 0 Å². The maximum absolute atomic E-state index is 12.6. The SMILES string of the molecule is Cc1ccc(-c2nnc(-c3ccc(C(=O)NC(C)c4ccccc4C)cc3)o2)cc1. The summed E-state index contributed by atoms with van der Waals surface area (Å²) in [4.78, 5) is 12.6. The number of amides is 1. The number of nitrogens with zero attached hydrogens (tertiary/aromatic N) is 2. The Morgan fingerprint density at radius 3 is 2.00 bits per heavy atom. The number of aryl methyl sites for hydroxylation is 2. The van der Waals surface area contributed by atoms with E-state index in [0.717, 1.165) is 22.3 Å². The lowest BCUT2D eigenvalue weighted by Crippen LogP contribution is -2.27. The molecule has 30 heavy (non-hydrogen) atoms. The van der Waals surface area contributed by atoms with Gasteiger partial charge in [-0.1, -0.05) is 42.0 Å². The van der Waals surface area contributed by atoms with Gasteiger partial charge >= 0.3 is 0 Å². The molecule has 1 aromatic heterocycles. The molecule has 1 unspecified atom stereocenters. The van der Waals surface area contributed by atoms with Crippen molar-refractivity contribution in [3.05, 3.63) is 95.1 Å². The molecule has 1 amide bonds. The Morgan fingerprint density at radius 1 is 0.833 bits per heavy atom. The summed E-state index contributed by atoms with van der Waals surface area (Å²) in [7, 11) is 0. The predicted molar refractivity (Wildman–Crippen MR) is 117 cm³/mol. The van der Waals surface area contributed by atoms with E-state index in [1.54, 1.807) is 12.1 Å². The van der Waals surface area contributed by atoms with Crippen LogP contribution < -0.4 is 5.32 Å². The standard InChI is InChI=1S/C25H23N3O2/c1-16-8-10-20(11-9-16)24-27-28-25(30-24)21-14-12-19(13-15-21)23(29)26-18(3)22-7-5-4-6-17(22)2/h4-15,18H,1-3H3,(H,26,29). The second-order valence-corrected chi connectivity index (χ2v) is 7.41. The van der Waals surface area contributed by atoms with Crippen molar-refractivity contribution in [2.75, 3.05) is 0 Å². The van der Waals surface area contributed by atoms with E-state index >= 15 is 0 Å². The highest BCUT2D eigenvalue weighted by atomic mass is 16.4. The Hall–Kier alpha value is -3.73. The van der Waals surface area contributed by atoms with Crippen molar-refractivity contribution in [2.24, 2.45) is 0 Å². The fourth-order valence-electron chi connectivity index (χ4n) is 3.35. The Balaban J connectivity index is 1.47. The van der Waals surface area contributed by atoms with Crippen LogP contribution in [0.15, 0.2) is 77.2 Å². The average molecular weight is 397 g/mol. The molecule has 3 aromatic carbocycles. The van der Waals surface area contributed by atoms with Crippen LogP contribution in [0.4, 0.5) is 0 Å². The second-order valence-electron chi connectivity index (χ2n) is 7.41. The molecule has 5 heteroatoms. The van der Waals surface area contributed by atoms with E-state index in [4.69, 9.17) is 4.42 Å². The minimum atomic E-state index is -0.122. The van der Waals surface area contributed by atoms with Gasteiger partial charge in [0.25, 0.3) is 5.91 Å². The molecule has 0 aliphatic heterocycles. The summed E-state index contributed by atoms with van der Waals surface area (Å²) >= 11 is 0. The summed E-state index contributed by atoms with van der Waals surface area (Å²) < 4.78 is 5.81. The van der Waals surface area contributed by atoms with Crippen LogP contribution in [0, 0.1) is 13.8 Å². The summed E-state index contributed by atoms with van der Waals surface area (Å²) in [5, 5.41) is 11.3. The molecule has 0 fully saturated rings. The quantitative estimate of drug-likeness (QED) is 0.482. The Bertz CT molecular complexity index is 1160. The van der Waals surface area contributed by atoms with E-state index < -0.39 is 0 Å². The molecule has 4 rings (SSSR count). The zero-order valence-electron chi connectivity index (χ0n) is 17.2. The highest BCUT2D eigenvalue weighted by molar-refractivity contribution is 5.94. The van der Waals surface area contributed by atoms with Gasteiger partial charge < -0.3 is 9.73 Å². The van der Waals surface area contributed by atoms with Gasteiger partial charge in [0.2, 0.25) is 11.8 Å². The topological polar surface area (TPSA) is 68.0 Å². The van der Waals surface area contributed by atoms with Crippen molar-refractivity contribution >= 4 is 5.91 Å². The van der Waals surface area contributed by atoms with Gasteiger partial charge in [0, 0.05) is 16.7 Å². The van der Waals surface area contributed by atoms with Crippen molar-refractivity contribution in [3.8, 4) is 22.9 Å². The molecule has 150 valence electrons. The smallest absolute Gasteiger partial charge is 0.251 e. The molecule has 1 N–H and O–H groups in total.